The Bertz CT molecular complexity index is 702. The van der Waals surface area contributed by atoms with Gasteiger partial charge in [0.25, 0.3) is 0 Å². The quantitative estimate of drug-likeness (QED) is 0.908. The Balaban J connectivity index is 1.76. The van der Waals surface area contributed by atoms with Crippen molar-refractivity contribution in [2.75, 3.05) is 13.7 Å². The molecule has 2 heterocycles. The van der Waals surface area contributed by atoms with Crippen LogP contribution >= 0.6 is 11.3 Å². The summed E-state index contributed by atoms with van der Waals surface area (Å²) in [6.45, 7) is 0.462. The zero-order valence-corrected chi connectivity index (χ0v) is 13.8. The van der Waals surface area contributed by atoms with Gasteiger partial charge < -0.3 is 0 Å². The number of nitrogens with zero attached hydrogens (tertiary/aromatic N) is 1. The highest BCUT2D eigenvalue weighted by molar-refractivity contribution is 7.90. The number of nitrogens with one attached hydrogen (secondary N) is 1. The van der Waals surface area contributed by atoms with Crippen LogP contribution in [0.2, 0.25) is 0 Å². The molecule has 1 saturated heterocycles. The predicted octanol–water partition coefficient (Wildman–Crippen LogP) is 2.15. The molecule has 0 radical (unpaired) electrons. The van der Waals surface area contributed by atoms with Gasteiger partial charge in [-0.25, -0.2) is 13.1 Å². The zero-order valence-electron chi connectivity index (χ0n) is 12.2. The second-order valence-corrected chi connectivity index (χ2v) is 8.16. The van der Waals surface area contributed by atoms with Crippen LogP contribution in [-0.2, 0) is 21.4 Å². The van der Waals surface area contributed by atoms with Crippen LogP contribution in [0.25, 0.3) is 0 Å². The maximum absolute atomic E-state index is 12.6. The Labute approximate surface area is 134 Å². The van der Waals surface area contributed by atoms with E-state index in [0.717, 1.165) is 10.4 Å². The largest absolute Gasteiger partial charge is 0.297 e. The first-order chi connectivity index (χ1) is 10.6. The van der Waals surface area contributed by atoms with Crippen LogP contribution in [0.15, 0.2) is 47.8 Å². The summed E-state index contributed by atoms with van der Waals surface area (Å²) in [5.74, 6) is 0. The fourth-order valence-corrected chi connectivity index (χ4v) is 5.05. The maximum Gasteiger partial charge on any atom is 0.219 e. The third-order valence-electron chi connectivity index (χ3n) is 3.74. The summed E-state index contributed by atoms with van der Waals surface area (Å²) >= 11 is 1.54. The number of hydrogen-bond acceptors (Lipinski definition) is 5. The van der Waals surface area contributed by atoms with Gasteiger partial charge in [-0.1, -0.05) is 36.4 Å². The van der Waals surface area contributed by atoms with Crippen LogP contribution in [0, 0.1) is 0 Å². The number of rotatable bonds is 5. The average Bonchev–Trinajstić information content (AvgIpc) is 3.15. The van der Waals surface area contributed by atoms with Crippen molar-refractivity contribution in [2.45, 2.75) is 17.8 Å². The number of hydrogen-bond donors (Lipinski definition) is 1. The molecule has 1 N–H and O–H groups in total. The highest BCUT2D eigenvalue weighted by Crippen LogP contribution is 2.35. The molecule has 1 aromatic heterocycles. The van der Waals surface area contributed by atoms with Crippen LogP contribution in [0.4, 0.5) is 0 Å². The third-order valence-corrected chi connectivity index (χ3v) is 6.42. The Kier molecular flexibility index (Phi) is 4.60. The second-order valence-electron chi connectivity index (χ2n) is 5.19. The third kappa shape index (κ3) is 3.23. The Morgan fingerprint density at radius 3 is 2.73 bits per heavy atom. The molecule has 0 saturated carbocycles. The average molecular weight is 338 g/mol. The summed E-state index contributed by atoms with van der Waals surface area (Å²) in [4.78, 5) is 6.46. The molecule has 0 bridgehead atoms. The molecule has 2 atom stereocenters. The lowest BCUT2D eigenvalue weighted by Crippen LogP contribution is -2.38. The molecule has 7 heteroatoms. The van der Waals surface area contributed by atoms with Crippen molar-refractivity contribution in [3.8, 4) is 0 Å². The van der Waals surface area contributed by atoms with Gasteiger partial charge in [0.1, 0.15) is 5.25 Å². The maximum atomic E-state index is 12.6. The zero-order chi connectivity index (χ0) is 15.6. The molecule has 1 aliphatic heterocycles. The van der Waals surface area contributed by atoms with E-state index < -0.39 is 15.3 Å². The fraction of sp³-hybridized carbons (Fsp3) is 0.333. The second kappa shape index (κ2) is 6.47. The van der Waals surface area contributed by atoms with Gasteiger partial charge in [0.05, 0.1) is 12.6 Å². The van der Waals surface area contributed by atoms with Gasteiger partial charge in [-0.2, -0.15) is 5.06 Å². The van der Waals surface area contributed by atoms with E-state index in [4.69, 9.17) is 4.84 Å². The van der Waals surface area contributed by atoms with Crippen LogP contribution in [0.1, 0.15) is 16.5 Å². The summed E-state index contributed by atoms with van der Waals surface area (Å²) in [5.41, 5.74) is 0.936. The van der Waals surface area contributed by atoms with Crippen LogP contribution in [0.3, 0.4) is 0 Å². The van der Waals surface area contributed by atoms with Crippen molar-refractivity contribution in [1.82, 2.24) is 9.79 Å². The van der Waals surface area contributed by atoms with E-state index in [0.29, 0.717) is 6.54 Å². The lowest BCUT2D eigenvalue weighted by atomic mass is 10.2. The summed E-state index contributed by atoms with van der Waals surface area (Å²) in [7, 11) is -1.70. The highest BCUT2D eigenvalue weighted by Gasteiger charge is 2.43. The fourth-order valence-electron chi connectivity index (χ4n) is 2.56. The van der Waals surface area contributed by atoms with Crippen LogP contribution in [0.5, 0.6) is 0 Å². The summed E-state index contributed by atoms with van der Waals surface area (Å²) in [6.07, 6.45) is 0. The first kappa shape index (κ1) is 15.6. The van der Waals surface area contributed by atoms with Gasteiger partial charge in [0.2, 0.25) is 10.0 Å². The van der Waals surface area contributed by atoms with Crippen molar-refractivity contribution in [2.24, 2.45) is 0 Å². The number of benzene rings is 1. The first-order valence-corrected chi connectivity index (χ1v) is 9.42. The summed E-state index contributed by atoms with van der Waals surface area (Å²) in [6, 6.07) is 13.1. The topological polar surface area (TPSA) is 58.6 Å². The number of thiophene rings is 1. The van der Waals surface area contributed by atoms with E-state index in [1.54, 1.807) is 23.4 Å². The minimum atomic E-state index is -3.48. The molecule has 1 aliphatic rings. The Morgan fingerprint density at radius 1 is 1.27 bits per heavy atom. The van der Waals surface area contributed by atoms with E-state index in [1.165, 1.54) is 0 Å². The monoisotopic (exact) mass is 338 g/mol. The van der Waals surface area contributed by atoms with Gasteiger partial charge in [-0.05, 0) is 17.0 Å². The molecular weight excluding hydrogens is 320 g/mol. The van der Waals surface area contributed by atoms with Crippen molar-refractivity contribution in [3.63, 3.8) is 0 Å². The molecule has 2 unspecified atom stereocenters. The molecule has 0 aliphatic carbocycles. The minimum absolute atomic E-state index is 0.170. The molecular formula is C15H18N2O3S2. The molecule has 5 nitrogen and oxygen atoms in total. The lowest BCUT2D eigenvalue weighted by Gasteiger charge is -2.21. The molecule has 3 rings (SSSR count). The Morgan fingerprint density at radius 2 is 2.05 bits per heavy atom. The van der Waals surface area contributed by atoms with E-state index in [1.807, 2.05) is 47.8 Å². The minimum Gasteiger partial charge on any atom is -0.297 e. The predicted molar refractivity (Wildman–Crippen MR) is 86.8 cm³/mol. The van der Waals surface area contributed by atoms with Gasteiger partial charge in [0, 0.05) is 18.5 Å². The van der Waals surface area contributed by atoms with E-state index in [9.17, 15) is 8.42 Å². The van der Waals surface area contributed by atoms with Crippen molar-refractivity contribution in [3.05, 3.63) is 58.3 Å². The molecule has 0 spiro atoms. The Hall–Kier alpha value is -1.25. The van der Waals surface area contributed by atoms with E-state index >= 15 is 0 Å². The summed E-state index contributed by atoms with van der Waals surface area (Å²) < 4.78 is 28.0. The lowest BCUT2D eigenvalue weighted by molar-refractivity contribution is -0.110. The van der Waals surface area contributed by atoms with Gasteiger partial charge in [-0.15, -0.1) is 11.3 Å². The molecule has 2 aromatic rings. The van der Waals surface area contributed by atoms with Crippen molar-refractivity contribution >= 4 is 21.4 Å². The molecule has 0 amide bonds. The van der Waals surface area contributed by atoms with E-state index in [2.05, 4.69) is 4.72 Å². The van der Waals surface area contributed by atoms with Crippen LogP contribution < -0.4 is 4.72 Å². The molecule has 118 valence electrons. The van der Waals surface area contributed by atoms with E-state index in [-0.39, 0.29) is 12.6 Å². The number of hydroxylamine groups is 2. The molecule has 22 heavy (non-hydrogen) atoms. The number of sulfonamides is 1. The SMILES string of the molecule is CN1OCC(S(=O)(=O)NCc2ccccc2)C1c1cccs1. The first-order valence-electron chi connectivity index (χ1n) is 6.99. The normalized spacial score (nSPS) is 23.0. The van der Waals surface area contributed by atoms with Crippen molar-refractivity contribution < 1.29 is 13.3 Å². The van der Waals surface area contributed by atoms with Crippen LogP contribution in [-0.4, -0.2) is 32.4 Å². The highest BCUT2D eigenvalue weighted by atomic mass is 32.2. The standard InChI is InChI=1S/C15H18N2O3S2/c1-17-15(13-8-5-9-21-13)14(11-20-17)22(18,19)16-10-12-6-3-2-4-7-12/h2-9,14-16H,10-11H2,1H3. The van der Waals surface area contributed by atoms with Gasteiger partial charge in [-0.3, -0.25) is 4.84 Å². The van der Waals surface area contributed by atoms with Gasteiger partial charge >= 0.3 is 0 Å². The smallest absolute Gasteiger partial charge is 0.219 e. The molecule has 1 fully saturated rings. The summed E-state index contributed by atoms with van der Waals surface area (Å²) in [5, 5.41) is 2.97. The van der Waals surface area contributed by atoms with Gasteiger partial charge in [0.15, 0.2) is 0 Å². The molecule has 1 aromatic carbocycles. The van der Waals surface area contributed by atoms with Crippen molar-refractivity contribution in [1.29, 1.82) is 0 Å².